The van der Waals surface area contributed by atoms with E-state index < -0.39 is 0 Å². The Morgan fingerprint density at radius 3 is 1.50 bits per heavy atom. The van der Waals surface area contributed by atoms with Gasteiger partial charge in [0.05, 0.1) is 6.54 Å². The molecular weight excluding hydrogens is 390 g/mol. The Labute approximate surface area is 185 Å². The van der Waals surface area contributed by atoms with Gasteiger partial charge in [0.15, 0.2) is 0 Å². The maximum Gasteiger partial charge on any atom is 0.200 e. The van der Waals surface area contributed by atoms with Crippen LogP contribution in [0.15, 0.2) is 53.5 Å². The summed E-state index contributed by atoms with van der Waals surface area (Å²) in [7, 11) is 0. The number of aryl methyl sites for hydroxylation is 6. The lowest BCUT2D eigenvalue weighted by Gasteiger charge is -2.19. The number of guanidine groups is 1. The molecule has 0 aliphatic carbocycles. The van der Waals surface area contributed by atoms with Crippen LogP contribution in [-0.2, 0) is 6.54 Å². The second-order valence-electron chi connectivity index (χ2n) is 8.09. The molecule has 0 unspecified atom stereocenters. The molecule has 0 heterocycles. The molecule has 4 heteroatoms. The van der Waals surface area contributed by atoms with Gasteiger partial charge in [0, 0.05) is 16.4 Å². The third-order valence-corrected chi connectivity index (χ3v) is 5.43. The third-order valence-electron chi connectivity index (χ3n) is 5.17. The van der Waals surface area contributed by atoms with Crippen LogP contribution in [0.4, 0.5) is 11.4 Å². The van der Waals surface area contributed by atoms with E-state index in [9.17, 15) is 0 Å². The Kier molecular flexibility index (Phi) is 6.84. The minimum Gasteiger partial charge on any atom is -0.326 e. The van der Waals surface area contributed by atoms with Crippen molar-refractivity contribution in [3.05, 3.63) is 92.5 Å². The Balaban J connectivity index is 1.96. The highest BCUT2D eigenvalue weighted by Gasteiger charge is 2.11. The zero-order chi connectivity index (χ0) is 21.8. The molecule has 0 aliphatic rings. The highest BCUT2D eigenvalue weighted by molar-refractivity contribution is 6.30. The van der Waals surface area contributed by atoms with Gasteiger partial charge >= 0.3 is 0 Å². The van der Waals surface area contributed by atoms with Gasteiger partial charge in [0.25, 0.3) is 0 Å². The van der Waals surface area contributed by atoms with E-state index in [1.54, 1.807) is 0 Å². The molecule has 0 fully saturated rings. The van der Waals surface area contributed by atoms with Crippen LogP contribution in [0.5, 0.6) is 0 Å². The van der Waals surface area contributed by atoms with Crippen LogP contribution < -0.4 is 10.6 Å². The second-order valence-corrected chi connectivity index (χ2v) is 8.53. The molecule has 0 saturated carbocycles. The number of nitrogens with zero attached hydrogens (tertiary/aromatic N) is 1. The predicted octanol–water partition coefficient (Wildman–Crippen LogP) is 7.27. The number of nitrogens with one attached hydrogen (secondary N) is 2. The van der Waals surface area contributed by atoms with Crippen molar-refractivity contribution in [3.63, 3.8) is 0 Å². The summed E-state index contributed by atoms with van der Waals surface area (Å²) < 4.78 is 0. The first-order chi connectivity index (χ1) is 14.2. The van der Waals surface area contributed by atoms with Crippen LogP contribution >= 0.6 is 11.6 Å². The largest absolute Gasteiger partial charge is 0.326 e. The molecule has 0 radical (unpaired) electrons. The Bertz CT molecular complexity index is 974. The van der Waals surface area contributed by atoms with E-state index in [-0.39, 0.29) is 0 Å². The lowest BCUT2D eigenvalue weighted by Crippen LogP contribution is -2.24. The molecule has 30 heavy (non-hydrogen) atoms. The van der Waals surface area contributed by atoms with E-state index in [0.29, 0.717) is 6.54 Å². The zero-order valence-corrected chi connectivity index (χ0v) is 19.4. The van der Waals surface area contributed by atoms with E-state index >= 15 is 0 Å². The number of benzene rings is 3. The molecule has 3 aromatic rings. The van der Waals surface area contributed by atoms with Gasteiger partial charge < -0.3 is 10.6 Å². The van der Waals surface area contributed by atoms with E-state index in [4.69, 9.17) is 16.6 Å². The summed E-state index contributed by atoms with van der Waals surface area (Å²) in [5, 5.41) is 7.84. The van der Waals surface area contributed by atoms with Gasteiger partial charge in [-0.2, -0.15) is 0 Å². The average Bonchev–Trinajstić information content (AvgIpc) is 2.66. The summed E-state index contributed by atoms with van der Waals surface area (Å²) in [5.74, 6) is 0.732. The molecule has 0 saturated heterocycles. The first kappa shape index (κ1) is 21.9. The normalized spacial score (nSPS) is 10.6. The number of hydrogen-bond acceptors (Lipinski definition) is 1. The highest BCUT2D eigenvalue weighted by Crippen LogP contribution is 2.25. The van der Waals surface area contributed by atoms with Gasteiger partial charge in [0.2, 0.25) is 5.96 Å². The van der Waals surface area contributed by atoms with E-state index in [0.717, 1.165) is 27.9 Å². The van der Waals surface area contributed by atoms with Crippen LogP contribution in [0.3, 0.4) is 0 Å². The maximum absolute atomic E-state index is 6.02. The maximum atomic E-state index is 6.02. The molecule has 2 N–H and O–H groups in total. The van der Waals surface area contributed by atoms with Gasteiger partial charge in [-0.05, 0) is 81.5 Å². The molecule has 3 rings (SSSR count). The number of aliphatic imine (C=N–C) groups is 1. The second kappa shape index (κ2) is 9.36. The number of rotatable bonds is 4. The smallest absolute Gasteiger partial charge is 0.200 e. The van der Waals surface area contributed by atoms with Gasteiger partial charge in [-0.3, -0.25) is 0 Å². The summed E-state index contributed by atoms with van der Waals surface area (Å²) in [4.78, 5) is 4.87. The van der Waals surface area contributed by atoms with Crippen LogP contribution in [0.1, 0.15) is 38.9 Å². The molecular formula is C26H30ClN3. The molecule has 0 bridgehead atoms. The van der Waals surface area contributed by atoms with E-state index in [1.807, 2.05) is 24.3 Å². The average molecular weight is 420 g/mol. The van der Waals surface area contributed by atoms with Gasteiger partial charge in [-0.1, -0.05) is 59.1 Å². The summed E-state index contributed by atoms with van der Waals surface area (Å²) in [6.45, 7) is 13.3. The van der Waals surface area contributed by atoms with E-state index in [2.05, 4.69) is 76.4 Å². The molecule has 3 nitrogen and oxygen atoms in total. The molecule has 156 valence electrons. The fourth-order valence-corrected chi connectivity index (χ4v) is 3.99. The fourth-order valence-electron chi connectivity index (χ4n) is 3.86. The van der Waals surface area contributed by atoms with Crippen molar-refractivity contribution < 1.29 is 0 Å². The zero-order valence-electron chi connectivity index (χ0n) is 18.7. The number of hydrogen-bond donors (Lipinski definition) is 2. The molecule has 0 aliphatic heterocycles. The van der Waals surface area contributed by atoms with Gasteiger partial charge in [0.1, 0.15) is 0 Å². The first-order valence-corrected chi connectivity index (χ1v) is 10.6. The molecule has 0 aromatic heterocycles. The highest BCUT2D eigenvalue weighted by atomic mass is 35.5. The summed E-state index contributed by atoms with van der Waals surface area (Å²) in [6.07, 6.45) is 0. The van der Waals surface area contributed by atoms with Crippen molar-refractivity contribution in [1.82, 2.24) is 0 Å². The first-order valence-electron chi connectivity index (χ1n) is 10.2. The molecule has 3 aromatic carbocycles. The lowest BCUT2D eigenvalue weighted by atomic mass is 10.0. The van der Waals surface area contributed by atoms with Crippen LogP contribution in [0, 0.1) is 41.5 Å². The minimum absolute atomic E-state index is 0.556. The fraction of sp³-hybridized carbons (Fsp3) is 0.269. The summed E-state index contributed by atoms with van der Waals surface area (Å²) in [5.41, 5.74) is 10.6. The SMILES string of the molecule is Cc1cc(C)c(NC(=NCc2ccc(Cl)cc2)Nc2c(C)cc(C)cc2C)c(C)c1. The Morgan fingerprint density at radius 1 is 0.700 bits per heavy atom. The lowest BCUT2D eigenvalue weighted by molar-refractivity contribution is 1.06. The number of anilines is 2. The van der Waals surface area contributed by atoms with Crippen molar-refractivity contribution in [2.24, 2.45) is 4.99 Å². The number of halogens is 1. The van der Waals surface area contributed by atoms with E-state index in [1.165, 1.54) is 33.4 Å². The topological polar surface area (TPSA) is 36.4 Å². The van der Waals surface area contributed by atoms with Crippen molar-refractivity contribution in [1.29, 1.82) is 0 Å². The van der Waals surface area contributed by atoms with Crippen LogP contribution in [-0.4, -0.2) is 5.96 Å². The third kappa shape index (κ3) is 5.43. The Morgan fingerprint density at radius 2 is 1.10 bits per heavy atom. The summed E-state index contributed by atoms with van der Waals surface area (Å²) >= 11 is 6.02. The van der Waals surface area contributed by atoms with Crippen molar-refractivity contribution >= 4 is 28.9 Å². The van der Waals surface area contributed by atoms with Crippen molar-refractivity contribution in [2.75, 3.05) is 10.6 Å². The predicted molar refractivity (Wildman–Crippen MR) is 131 cm³/mol. The molecule has 0 amide bonds. The van der Waals surface area contributed by atoms with Crippen LogP contribution in [0.2, 0.25) is 5.02 Å². The quantitative estimate of drug-likeness (QED) is 0.344. The van der Waals surface area contributed by atoms with Crippen molar-refractivity contribution in [3.8, 4) is 0 Å². The molecule has 0 atom stereocenters. The monoisotopic (exact) mass is 419 g/mol. The standard InChI is InChI=1S/C26H30ClN3/c1-16-11-18(3)24(19(4)12-16)29-26(28-15-22-7-9-23(27)10-8-22)30-25-20(5)13-17(2)14-21(25)6/h7-14H,15H2,1-6H3,(H2,28,29,30). The van der Waals surface area contributed by atoms with Gasteiger partial charge in [-0.25, -0.2) is 4.99 Å². The minimum atomic E-state index is 0.556. The van der Waals surface area contributed by atoms with Crippen LogP contribution in [0.25, 0.3) is 0 Å². The summed E-state index contributed by atoms with van der Waals surface area (Å²) in [6, 6.07) is 16.6. The van der Waals surface area contributed by atoms with Gasteiger partial charge in [-0.15, -0.1) is 0 Å². The molecule has 0 spiro atoms. The van der Waals surface area contributed by atoms with Crippen molar-refractivity contribution in [2.45, 2.75) is 48.1 Å². The Hall–Kier alpha value is -2.78.